The minimum absolute atomic E-state index is 0.225. The molecule has 1 aliphatic rings. The number of unbranched alkanes of at least 4 members (excludes halogenated alkanes) is 15. The van der Waals surface area contributed by atoms with E-state index in [1.54, 1.807) is 0 Å². The molecule has 0 atom stereocenters. The highest BCUT2D eigenvalue weighted by molar-refractivity contribution is 5.83. The van der Waals surface area contributed by atoms with Crippen molar-refractivity contribution in [2.24, 2.45) is 4.99 Å². The minimum atomic E-state index is 0.225. The maximum Gasteiger partial charge on any atom is 0.220 e. The van der Waals surface area contributed by atoms with Crippen LogP contribution in [0.15, 0.2) is 4.99 Å². The fourth-order valence-electron chi connectivity index (χ4n) is 4.44. The number of amidine groups is 1. The number of hydrogen-bond donors (Lipinski definition) is 1. The van der Waals surface area contributed by atoms with Crippen LogP contribution >= 0.6 is 0 Å². The molecule has 0 unspecified atom stereocenters. The average Bonchev–Trinajstić information content (AvgIpc) is 3.21. The summed E-state index contributed by atoms with van der Waals surface area (Å²) in [5.41, 5.74) is 0. The van der Waals surface area contributed by atoms with Crippen molar-refractivity contribution in [2.75, 3.05) is 26.2 Å². The third-order valence-electron chi connectivity index (χ3n) is 6.49. The van der Waals surface area contributed by atoms with Gasteiger partial charge in [-0.1, -0.05) is 110 Å². The van der Waals surface area contributed by atoms with Crippen molar-refractivity contribution in [1.82, 2.24) is 10.2 Å². The van der Waals surface area contributed by atoms with Gasteiger partial charge in [0.1, 0.15) is 0 Å². The maximum atomic E-state index is 12.1. The number of nitrogens with one attached hydrogen (secondary N) is 1. The fourth-order valence-corrected chi connectivity index (χ4v) is 4.44. The molecule has 0 saturated heterocycles. The Bertz CT molecular complexity index is 450. The molecule has 0 fully saturated rings. The second kappa shape index (κ2) is 20.8. The van der Waals surface area contributed by atoms with Crippen LogP contribution in [-0.2, 0) is 4.79 Å². The number of nitrogens with zero attached hydrogens (tertiary/aromatic N) is 2. The standard InChI is InChI=1S/C27H53N3O/c1-3-5-7-9-11-13-14-16-18-20-26-28-22-24-30(26)25-23-29-27(31)21-19-17-15-12-10-8-6-4-2/h3-25H2,1-2H3,(H,29,31). The third-order valence-corrected chi connectivity index (χ3v) is 6.49. The predicted octanol–water partition coefficient (Wildman–Crippen LogP) is 7.27. The van der Waals surface area contributed by atoms with E-state index in [2.05, 4.69) is 24.1 Å². The van der Waals surface area contributed by atoms with Crippen molar-refractivity contribution < 1.29 is 4.79 Å². The predicted molar refractivity (Wildman–Crippen MR) is 136 cm³/mol. The van der Waals surface area contributed by atoms with Gasteiger partial charge in [0, 0.05) is 32.5 Å². The quantitative estimate of drug-likeness (QED) is 0.182. The second-order valence-corrected chi connectivity index (χ2v) is 9.44. The first-order chi connectivity index (χ1) is 15.3. The van der Waals surface area contributed by atoms with Gasteiger partial charge in [0.05, 0.1) is 12.4 Å². The van der Waals surface area contributed by atoms with E-state index in [1.807, 2.05) is 0 Å². The van der Waals surface area contributed by atoms with E-state index < -0.39 is 0 Å². The molecule has 0 radical (unpaired) electrons. The number of carbonyl (C=O) groups excluding carboxylic acids is 1. The van der Waals surface area contributed by atoms with Gasteiger partial charge in [-0.15, -0.1) is 0 Å². The molecule has 1 aliphatic heterocycles. The molecule has 1 N–H and O–H groups in total. The third kappa shape index (κ3) is 16.3. The molecular weight excluding hydrogens is 382 g/mol. The van der Waals surface area contributed by atoms with E-state index >= 15 is 0 Å². The van der Waals surface area contributed by atoms with Crippen LogP contribution in [0.2, 0.25) is 0 Å². The molecule has 4 heteroatoms. The highest BCUT2D eigenvalue weighted by Crippen LogP contribution is 2.13. The Morgan fingerprint density at radius 1 is 0.774 bits per heavy atom. The molecule has 0 aromatic heterocycles. The molecule has 1 amide bonds. The summed E-state index contributed by atoms with van der Waals surface area (Å²) in [6, 6.07) is 0. The van der Waals surface area contributed by atoms with Crippen LogP contribution in [0, 0.1) is 0 Å². The highest BCUT2D eigenvalue weighted by atomic mass is 16.1. The first kappa shape index (κ1) is 28.0. The summed E-state index contributed by atoms with van der Waals surface area (Å²) < 4.78 is 0. The molecule has 1 heterocycles. The number of hydrogen-bond acceptors (Lipinski definition) is 3. The van der Waals surface area contributed by atoms with E-state index in [9.17, 15) is 4.79 Å². The maximum absolute atomic E-state index is 12.1. The van der Waals surface area contributed by atoms with Crippen LogP contribution < -0.4 is 5.32 Å². The zero-order valence-corrected chi connectivity index (χ0v) is 21.1. The molecule has 0 spiro atoms. The molecule has 0 aromatic carbocycles. The summed E-state index contributed by atoms with van der Waals surface area (Å²) in [5.74, 6) is 1.50. The first-order valence-corrected chi connectivity index (χ1v) is 13.8. The second-order valence-electron chi connectivity index (χ2n) is 9.44. The minimum Gasteiger partial charge on any atom is -0.357 e. The summed E-state index contributed by atoms with van der Waals surface area (Å²) in [4.78, 5) is 19.2. The molecule has 0 aromatic rings. The first-order valence-electron chi connectivity index (χ1n) is 13.8. The Labute approximate surface area is 194 Å². The lowest BCUT2D eigenvalue weighted by atomic mass is 10.1. The van der Waals surface area contributed by atoms with Crippen LogP contribution in [0.3, 0.4) is 0 Å². The van der Waals surface area contributed by atoms with Gasteiger partial charge in [-0.05, 0) is 12.8 Å². The van der Waals surface area contributed by atoms with E-state index in [-0.39, 0.29) is 5.91 Å². The monoisotopic (exact) mass is 435 g/mol. The molecule has 0 aliphatic carbocycles. The largest absolute Gasteiger partial charge is 0.357 e. The number of rotatable bonds is 22. The number of aliphatic imine (C=N–C) groups is 1. The zero-order chi connectivity index (χ0) is 22.4. The molecule has 31 heavy (non-hydrogen) atoms. The van der Waals surface area contributed by atoms with Gasteiger partial charge in [0.15, 0.2) is 0 Å². The zero-order valence-electron chi connectivity index (χ0n) is 21.1. The summed E-state index contributed by atoms with van der Waals surface area (Å²) in [7, 11) is 0. The average molecular weight is 436 g/mol. The Morgan fingerprint density at radius 3 is 1.87 bits per heavy atom. The van der Waals surface area contributed by atoms with Gasteiger partial charge in [-0.3, -0.25) is 9.79 Å². The van der Waals surface area contributed by atoms with Crippen LogP contribution in [0.25, 0.3) is 0 Å². The van der Waals surface area contributed by atoms with Gasteiger partial charge in [0.2, 0.25) is 5.91 Å². The van der Waals surface area contributed by atoms with Crippen LogP contribution in [0.4, 0.5) is 0 Å². The van der Waals surface area contributed by atoms with Gasteiger partial charge in [-0.2, -0.15) is 0 Å². The normalized spacial score (nSPS) is 13.6. The van der Waals surface area contributed by atoms with Gasteiger partial charge in [0.25, 0.3) is 0 Å². The summed E-state index contributed by atoms with van der Waals surface area (Å²) in [6.07, 6.45) is 24.4. The molecule has 4 nitrogen and oxygen atoms in total. The molecule has 182 valence electrons. The van der Waals surface area contributed by atoms with Crippen molar-refractivity contribution in [2.45, 2.75) is 136 Å². The van der Waals surface area contributed by atoms with Crippen molar-refractivity contribution in [3.05, 3.63) is 0 Å². The number of carbonyl (C=O) groups is 1. The van der Waals surface area contributed by atoms with E-state index in [0.29, 0.717) is 6.42 Å². The number of amides is 1. The van der Waals surface area contributed by atoms with Crippen LogP contribution in [-0.4, -0.2) is 42.8 Å². The lowest BCUT2D eigenvalue weighted by Crippen LogP contribution is -2.36. The fraction of sp³-hybridized carbons (Fsp3) is 0.926. The SMILES string of the molecule is CCCCCCCCCCCC1=NCCN1CCNC(=O)CCCCCCCCCC. The summed E-state index contributed by atoms with van der Waals surface area (Å²) >= 11 is 0. The van der Waals surface area contributed by atoms with Crippen LogP contribution in [0.5, 0.6) is 0 Å². The van der Waals surface area contributed by atoms with E-state index in [1.165, 1.54) is 109 Å². The summed E-state index contributed by atoms with van der Waals surface area (Å²) in [5, 5.41) is 3.12. The Hall–Kier alpha value is -1.06. The van der Waals surface area contributed by atoms with Crippen molar-refractivity contribution in [1.29, 1.82) is 0 Å². The lowest BCUT2D eigenvalue weighted by Gasteiger charge is -2.20. The van der Waals surface area contributed by atoms with Crippen molar-refractivity contribution in [3.8, 4) is 0 Å². The molecular formula is C27H53N3O. The Morgan fingerprint density at radius 2 is 1.29 bits per heavy atom. The molecule has 0 bridgehead atoms. The molecule has 1 rings (SSSR count). The highest BCUT2D eigenvalue weighted by Gasteiger charge is 2.16. The van der Waals surface area contributed by atoms with E-state index in [0.717, 1.165) is 39.0 Å². The van der Waals surface area contributed by atoms with Gasteiger partial charge >= 0.3 is 0 Å². The summed E-state index contributed by atoms with van der Waals surface area (Å²) in [6.45, 7) is 8.17. The van der Waals surface area contributed by atoms with Crippen molar-refractivity contribution >= 4 is 11.7 Å². The Kier molecular flexibility index (Phi) is 18.8. The topological polar surface area (TPSA) is 44.7 Å². The molecule has 0 saturated carbocycles. The van der Waals surface area contributed by atoms with Crippen LogP contribution in [0.1, 0.15) is 136 Å². The van der Waals surface area contributed by atoms with Crippen molar-refractivity contribution in [3.63, 3.8) is 0 Å². The van der Waals surface area contributed by atoms with Gasteiger partial charge < -0.3 is 10.2 Å². The smallest absolute Gasteiger partial charge is 0.220 e. The van der Waals surface area contributed by atoms with Gasteiger partial charge in [-0.25, -0.2) is 0 Å². The Balaban J connectivity index is 1.95. The van der Waals surface area contributed by atoms with E-state index in [4.69, 9.17) is 4.99 Å². The lowest BCUT2D eigenvalue weighted by molar-refractivity contribution is -0.121.